The van der Waals surface area contributed by atoms with Crippen LogP contribution in [0, 0.1) is 5.92 Å². The van der Waals surface area contributed by atoms with E-state index in [1.54, 1.807) is 6.92 Å². The maximum Gasteiger partial charge on any atom is 0.220 e. The Morgan fingerprint density at radius 3 is 2.69 bits per heavy atom. The van der Waals surface area contributed by atoms with Crippen LogP contribution < -0.4 is 5.32 Å². The summed E-state index contributed by atoms with van der Waals surface area (Å²) in [6.07, 6.45) is 8.55. The third-order valence-corrected chi connectivity index (χ3v) is 3.39. The van der Waals surface area contributed by atoms with Gasteiger partial charge in [0.05, 0.1) is 6.10 Å². The van der Waals surface area contributed by atoms with Crippen molar-refractivity contribution in [2.45, 2.75) is 64.4 Å². The minimum absolute atomic E-state index is 0.0803. The van der Waals surface area contributed by atoms with Crippen LogP contribution in [0.1, 0.15) is 58.3 Å². The first kappa shape index (κ1) is 13.5. The summed E-state index contributed by atoms with van der Waals surface area (Å²) in [4.78, 5) is 11.4. The second-order valence-corrected chi connectivity index (χ2v) is 5.03. The number of hydrogen-bond donors (Lipinski definition) is 2. The molecule has 3 heteroatoms. The fourth-order valence-electron chi connectivity index (χ4n) is 2.32. The molecule has 3 nitrogen and oxygen atoms in total. The number of nitrogens with one attached hydrogen (secondary N) is 1. The van der Waals surface area contributed by atoms with Crippen LogP contribution in [0.25, 0.3) is 0 Å². The zero-order valence-corrected chi connectivity index (χ0v) is 10.4. The molecule has 0 aromatic carbocycles. The smallest absolute Gasteiger partial charge is 0.220 e. The van der Waals surface area contributed by atoms with Crippen molar-refractivity contribution in [1.82, 2.24) is 5.32 Å². The average molecular weight is 227 g/mol. The summed E-state index contributed by atoms with van der Waals surface area (Å²) in [6, 6.07) is 0. The number of aliphatic hydroxyl groups is 1. The van der Waals surface area contributed by atoms with E-state index in [0.29, 0.717) is 12.8 Å². The van der Waals surface area contributed by atoms with Crippen LogP contribution in [0.15, 0.2) is 0 Å². The monoisotopic (exact) mass is 227 g/mol. The van der Waals surface area contributed by atoms with E-state index < -0.39 is 0 Å². The van der Waals surface area contributed by atoms with E-state index in [1.807, 2.05) is 0 Å². The molecule has 1 unspecified atom stereocenters. The summed E-state index contributed by atoms with van der Waals surface area (Å²) in [5.41, 5.74) is 0. The molecule has 1 aliphatic rings. The number of carbonyl (C=O) groups excluding carboxylic acids is 1. The quantitative estimate of drug-likeness (QED) is 0.731. The van der Waals surface area contributed by atoms with E-state index in [4.69, 9.17) is 5.11 Å². The lowest BCUT2D eigenvalue weighted by Crippen LogP contribution is -2.26. The lowest BCUT2D eigenvalue weighted by Gasteiger charge is -2.21. The van der Waals surface area contributed by atoms with E-state index in [1.165, 1.54) is 32.1 Å². The molecule has 94 valence electrons. The lowest BCUT2D eigenvalue weighted by atomic mass is 9.87. The molecule has 0 radical (unpaired) electrons. The van der Waals surface area contributed by atoms with Crippen LogP contribution in [0.2, 0.25) is 0 Å². The Hall–Kier alpha value is -0.570. The molecule has 1 amide bonds. The standard InChI is InChI=1S/C13H25NO2/c1-11(15)7-8-13(16)14-10-9-12-5-3-2-4-6-12/h11-12,15H,2-10H2,1H3,(H,14,16). The summed E-state index contributed by atoms with van der Waals surface area (Å²) in [6.45, 7) is 2.53. The SMILES string of the molecule is CC(O)CCC(=O)NCCC1CCCCC1. The molecule has 0 aliphatic heterocycles. The van der Waals surface area contributed by atoms with Crippen LogP contribution in [0.3, 0.4) is 0 Å². The molecule has 1 rings (SSSR count). The van der Waals surface area contributed by atoms with Crippen molar-refractivity contribution in [3.05, 3.63) is 0 Å². The van der Waals surface area contributed by atoms with Crippen molar-refractivity contribution in [3.8, 4) is 0 Å². The van der Waals surface area contributed by atoms with Gasteiger partial charge in [0.25, 0.3) is 0 Å². The van der Waals surface area contributed by atoms with Crippen LogP contribution >= 0.6 is 0 Å². The second kappa shape index (κ2) is 7.66. The van der Waals surface area contributed by atoms with Gasteiger partial charge in [-0.15, -0.1) is 0 Å². The van der Waals surface area contributed by atoms with Gasteiger partial charge < -0.3 is 10.4 Å². The zero-order valence-electron chi connectivity index (χ0n) is 10.4. The van der Waals surface area contributed by atoms with Gasteiger partial charge in [0.1, 0.15) is 0 Å². The van der Waals surface area contributed by atoms with Crippen LogP contribution in [-0.4, -0.2) is 23.7 Å². The van der Waals surface area contributed by atoms with Crippen molar-refractivity contribution < 1.29 is 9.90 Å². The Labute approximate surface area is 98.6 Å². The highest BCUT2D eigenvalue weighted by Crippen LogP contribution is 2.25. The first-order valence-corrected chi connectivity index (χ1v) is 6.63. The van der Waals surface area contributed by atoms with Gasteiger partial charge in [-0.05, 0) is 25.7 Å². The molecular formula is C13H25NO2. The zero-order chi connectivity index (χ0) is 11.8. The molecule has 1 saturated carbocycles. The van der Waals surface area contributed by atoms with Crippen LogP contribution in [0.5, 0.6) is 0 Å². The molecule has 2 N–H and O–H groups in total. The van der Waals surface area contributed by atoms with Crippen molar-refractivity contribution in [2.75, 3.05) is 6.54 Å². The van der Waals surface area contributed by atoms with Gasteiger partial charge in [-0.1, -0.05) is 32.1 Å². The molecule has 0 aromatic rings. The Kier molecular flexibility index (Phi) is 6.46. The molecule has 0 aromatic heterocycles. The molecule has 16 heavy (non-hydrogen) atoms. The van der Waals surface area contributed by atoms with Gasteiger partial charge in [0, 0.05) is 13.0 Å². The van der Waals surface area contributed by atoms with E-state index >= 15 is 0 Å². The summed E-state index contributed by atoms with van der Waals surface area (Å²) < 4.78 is 0. The number of hydrogen-bond acceptors (Lipinski definition) is 2. The highest BCUT2D eigenvalue weighted by Gasteiger charge is 2.13. The van der Waals surface area contributed by atoms with Crippen molar-refractivity contribution in [1.29, 1.82) is 0 Å². The van der Waals surface area contributed by atoms with E-state index in [-0.39, 0.29) is 12.0 Å². The Bertz CT molecular complexity index is 198. The van der Waals surface area contributed by atoms with Crippen molar-refractivity contribution in [3.63, 3.8) is 0 Å². The van der Waals surface area contributed by atoms with Gasteiger partial charge in [0.2, 0.25) is 5.91 Å². The molecule has 1 atom stereocenters. The highest BCUT2D eigenvalue weighted by molar-refractivity contribution is 5.75. The highest BCUT2D eigenvalue weighted by atomic mass is 16.3. The number of carbonyl (C=O) groups is 1. The summed E-state index contributed by atoms with van der Waals surface area (Å²) >= 11 is 0. The number of aliphatic hydroxyl groups excluding tert-OH is 1. The molecule has 1 fully saturated rings. The van der Waals surface area contributed by atoms with Gasteiger partial charge in [-0.3, -0.25) is 4.79 Å². The average Bonchev–Trinajstić information content (AvgIpc) is 2.28. The summed E-state index contributed by atoms with van der Waals surface area (Å²) in [7, 11) is 0. The third kappa shape index (κ3) is 6.11. The van der Waals surface area contributed by atoms with Crippen LogP contribution in [0.4, 0.5) is 0 Å². The van der Waals surface area contributed by atoms with Gasteiger partial charge in [0.15, 0.2) is 0 Å². The molecule has 0 bridgehead atoms. The molecule has 0 saturated heterocycles. The molecular weight excluding hydrogens is 202 g/mol. The minimum Gasteiger partial charge on any atom is -0.393 e. The maximum atomic E-state index is 11.4. The Balaban J connectivity index is 1.99. The van der Waals surface area contributed by atoms with Gasteiger partial charge >= 0.3 is 0 Å². The summed E-state index contributed by atoms with van der Waals surface area (Å²) in [5, 5.41) is 12.0. The van der Waals surface area contributed by atoms with Crippen molar-refractivity contribution in [2.24, 2.45) is 5.92 Å². The fraction of sp³-hybridized carbons (Fsp3) is 0.923. The molecule has 0 heterocycles. The van der Waals surface area contributed by atoms with Gasteiger partial charge in [-0.25, -0.2) is 0 Å². The van der Waals surface area contributed by atoms with E-state index in [2.05, 4.69) is 5.32 Å². The summed E-state index contributed by atoms with van der Waals surface area (Å²) in [5.74, 6) is 0.905. The minimum atomic E-state index is -0.371. The first-order valence-electron chi connectivity index (χ1n) is 6.63. The van der Waals surface area contributed by atoms with Crippen molar-refractivity contribution >= 4 is 5.91 Å². The second-order valence-electron chi connectivity index (χ2n) is 5.03. The largest absolute Gasteiger partial charge is 0.393 e. The molecule has 1 aliphatic carbocycles. The van der Waals surface area contributed by atoms with Gasteiger partial charge in [-0.2, -0.15) is 0 Å². The predicted octanol–water partition coefficient (Wildman–Crippen LogP) is 2.23. The Morgan fingerprint density at radius 1 is 1.38 bits per heavy atom. The topological polar surface area (TPSA) is 49.3 Å². The lowest BCUT2D eigenvalue weighted by molar-refractivity contribution is -0.121. The Morgan fingerprint density at radius 2 is 2.06 bits per heavy atom. The fourth-order valence-corrected chi connectivity index (χ4v) is 2.32. The third-order valence-electron chi connectivity index (χ3n) is 3.39. The number of rotatable bonds is 6. The first-order chi connectivity index (χ1) is 7.68. The van der Waals surface area contributed by atoms with E-state index in [9.17, 15) is 4.79 Å². The molecule has 0 spiro atoms. The van der Waals surface area contributed by atoms with Crippen LogP contribution in [-0.2, 0) is 4.79 Å². The predicted molar refractivity (Wildman–Crippen MR) is 65.1 cm³/mol. The maximum absolute atomic E-state index is 11.4. The van der Waals surface area contributed by atoms with E-state index in [0.717, 1.165) is 18.9 Å². The normalized spacial score (nSPS) is 19.4. The number of amides is 1.